The van der Waals surface area contributed by atoms with Gasteiger partial charge in [0.15, 0.2) is 0 Å². The van der Waals surface area contributed by atoms with E-state index in [1.54, 1.807) is 16.4 Å². The van der Waals surface area contributed by atoms with Gasteiger partial charge >= 0.3 is 0 Å². The molecule has 0 fully saturated rings. The van der Waals surface area contributed by atoms with Crippen molar-refractivity contribution in [2.45, 2.75) is 5.25 Å². The first-order valence-corrected chi connectivity index (χ1v) is 7.68. The molecule has 3 rings (SSSR count). The molecule has 6 heteroatoms. The van der Waals surface area contributed by atoms with E-state index in [9.17, 15) is 4.79 Å². The summed E-state index contributed by atoms with van der Waals surface area (Å²) in [7, 11) is 1.84. The van der Waals surface area contributed by atoms with Crippen LogP contribution in [0.25, 0.3) is 0 Å². The first-order valence-electron chi connectivity index (χ1n) is 5.84. The summed E-state index contributed by atoms with van der Waals surface area (Å²) in [6.45, 7) is 0. The summed E-state index contributed by atoms with van der Waals surface area (Å²) in [5, 5.41) is 7.30. The van der Waals surface area contributed by atoms with Crippen LogP contribution in [0.15, 0.2) is 34.9 Å². The Morgan fingerprint density at radius 2 is 2.16 bits per heavy atom. The van der Waals surface area contributed by atoms with E-state index in [1.165, 1.54) is 5.56 Å². The molecule has 1 atom stereocenters. The molecule has 2 aromatic rings. The number of nitrogens with one attached hydrogen (secondary N) is 1. The zero-order valence-corrected chi connectivity index (χ0v) is 12.7. The minimum Gasteiger partial charge on any atom is -0.310 e. The molecule has 0 radical (unpaired) electrons. The maximum absolute atomic E-state index is 11.7. The fourth-order valence-electron chi connectivity index (χ4n) is 2.13. The predicted octanol–water partition coefficient (Wildman–Crippen LogP) is 2.96. The van der Waals surface area contributed by atoms with Gasteiger partial charge in [-0.3, -0.25) is 9.48 Å². The highest BCUT2D eigenvalue weighted by Gasteiger charge is 2.26. The number of halogens is 1. The Hall–Kier alpha value is -1.27. The van der Waals surface area contributed by atoms with Crippen molar-refractivity contribution >= 4 is 39.4 Å². The van der Waals surface area contributed by atoms with Crippen LogP contribution in [0.5, 0.6) is 0 Å². The largest absolute Gasteiger partial charge is 0.310 e. The Balaban J connectivity index is 2.06. The van der Waals surface area contributed by atoms with E-state index in [2.05, 4.69) is 38.5 Å². The second-order valence-corrected chi connectivity index (χ2v) is 6.37. The minimum absolute atomic E-state index is 0.0226. The second kappa shape index (κ2) is 5.02. The zero-order valence-electron chi connectivity index (χ0n) is 10.3. The fourth-order valence-corrected chi connectivity index (χ4v) is 3.49. The summed E-state index contributed by atoms with van der Waals surface area (Å²) in [6.07, 6.45) is 1.83. The highest BCUT2D eigenvalue weighted by atomic mass is 79.9. The quantitative estimate of drug-likeness (QED) is 0.870. The topological polar surface area (TPSA) is 46.9 Å². The number of hydrogen-bond donors (Lipinski definition) is 1. The molecule has 1 aromatic heterocycles. The van der Waals surface area contributed by atoms with Crippen LogP contribution in [0.3, 0.4) is 0 Å². The van der Waals surface area contributed by atoms with Gasteiger partial charge < -0.3 is 5.32 Å². The minimum atomic E-state index is 0.0226. The van der Waals surface area contributed by atoms with E-state index in [4.69, 9.17) is 0 Å². The van der Waals surface area contributed by atoms with Gasteiger partial charge in [-0.25, -0.2) is 0 Å². The van der Waals surface area contributed by atoms with Crippen molar-refractivity contribution in [2.75, 3.05) is 11.1 Å². The van der Waals surface area contributed by atoms with Crippen molar-refractivity contribution in [3.63, 3.8) is 0 Å². The van der Waals surface area contributed by atoms with Crippen LogP contribution in [-0.2, 0) is 11.8 Å². The molecule has 1 N–H and O–H groups in total. The number of nitrogens with zero attached hydrogens (tertiary/aromatic N) is 2. The van der Waals surface area contributed by atoms with Gasteiger partial charge in [0.25, 0.3) is 0 Å². The van der Waals surface area contributed by atoms with Crippen LogP contribution in [0.4, 0.5) is 5.82 Å². The Kier molecular flexibility index (Phi) is 3.36. The molecular formula is C13H12BrN3OS. The summed E-state index contributed by atoms with van der Waals surface area (Å²) in [5.74, 6) is 1.27. The molecule has 19 heavy (non-hydrogen) atoms. The first-order chi connectivity index (χ1) is 9.15. The third kappa shape index (κ3) is 2.42. The predicted molar refractivity (Wildman–Crippen MR) is 80.3 cm³/mol. The average Bonchev–Trinajstić information content (AvgIpc) is 2.65. The number of thioether (sulfide) groups is 1. The van der Waals surface area contributed by atoms with Gasteiger partial charge in [0.05, 0.1) is 17.2 Å². The van der Waals surface area contributed by atoms with E-state index >= 15 is 0 Å². The summed E-state index contributed by atoms with van der Waals surface area (Å²) in [4.78, 5) is 11.7. The van der Waals surface area contributed by atoms with Crippen LogP contribution < -0.4 is 5.32 Å². The number of aryl methyl sites for hydroxylation is 1. The lowest BCUT2D eigenvalue weighted by atomic mass is 10.1. The lowest BCUT2D eigenvalue weighted by Crippen LogP contribution is -2.15. The lowest BCUT2D eigenvalue weighted by Gasteiger charge is -2.13. The van der Waals surface area contributed by atoms with Crippen LogP contribution in [0, 0.1) is 0 Å². The van der Waals surface area contributed by atoms with E-state index in [1.807, 2.05) is 25.4 Å². The van der Waals surface area contributed by atoms with Crippen molar-refractivity contribution in [1.29, 1.82) is 0 Å². The van der Waals surface area contributed by atoms with Gasteiger partial charge in [-0.2, -0.15) is 5.10 Å². The van der Waals surface area contributed by atoms with E-state index < -0.39 is 0 Å². The van der Waals surface area contributed by atoms with Gasteiger partial charge in [-0.15, -0.1) is 11.8 Å². The van der Waals surface area contributed by atoms with E-state index in [0.29, 0.717) is 5.75 Å². The maximum atomic E-state index is 11.7. The molecule has 0 unspecified atom stereocenters. The van der Waals surface area contributed by atoms with Crippen molar-refractivity contribution in [3.8, 4) is 0 Å². The summed E-state index contributed by atoms with van der Waals surface area (Å²) in [6, 6.07) is 8.20. The average molecular weight is 338 g/mol. The van der Waals surface area contributed by atoms with Crippen molar-refractivity contribution in [3.05, 3.63) is 46.1 Å². The standard InChI is InChI=1S/C13H12BrN3OS/c1-17-13-10(6-15-17)12(19-7-11(18)16-13)8-2-4-9(14)5-3-8/h2-6,12H,7H2,1H3,(H,16,18)/t12-/m0/s1. The molecule has 1 aliphatic rings. The van der Waals surface area contributed by atoms with Crippen LogP contribution >= 0.6 is 27.7 Å². The SMILES string of the molecule is Cn1ncc2c1NC(=O)CS[C@H]2c1ccc(Br)cc1. The van der Waals surface area contributed by atoms with Crippen molar-refractivity contribution in [1.82, 2.24) is 9.78 Å². The van der Waals surface area contributed by atoms with Gasteiger partial charge in [0.2, 0.25) is 5.91 Å². The Morgan fingerprint density at radius 1 is 1.42 bits per heavy atom. The molecule has 4 nitrogen and oxygen atoms in total. The second-order valence-electron chi connectivity index (χ2n) is 4.36. The third-order valence-electron chi connectivity index (χ3n) is 3.06. The number of aromatic nitrogens is 2. The van der Waals surface area contributed by atoms with Gasteiger partial charge in [-0.1, -0.05) is 28.1 Å². The number of carbonyl (C=O) groups excluding carboxylic acids is 1. The van der Waals surface area contributed by atoms with E-state index in [-0.39, 0.29) is 11.2 Å². The molecule has 2 heterocycles. The molecule has 0 saturated carbocycles. The van der Waals surface area contributed by atoms with Crippen molar-refractivity contribution < 1.29 is 4.79 Å². The highest BCUT2D eigenvalue weighted by molar-refractivity contribution is 9.10. The highest BCUT2D eigenvalue weighted by Crippen LogP contribution is 2.41. The molecule has 1 aromatic carbocycles. The molecule has 0 saturated heterocycles. The number of fused-ring (bicyclic) bond motifs is 1. The number of carbonyl (C=O) groups is 1. The zero-order chi connectivity index (χ0) is 13.4. The molecule has 0 bridgehead atoms. The smallest absolute Gasteiger partial charge is 0.235 e. The number of anilines is 1. The molecule has 1 aliphatic heterocycles. The monoisotopic (exact) mass is 337 g/mol. The number of hydrogen-bond acceptors (Lipinski definition) is 3. The third-order valence-corrected chi connectivity index (χ3v) is 4.88. The normalized spacial score (nSPS) is 18.6. The van der Waals surface area contributed by atoms with Crippen molar-refractivity contribution in [2.24, 2.45) is 7.05 Å². The molecular weight excluding hydrogens is 326 g/mol. The van der Waals surface area contributed by atoms with Gasteiger partial charge in [-0.05, 0) is 17.7 Å². The van der Waals surface area contributed by atoms with Gasteiger partial charge in [0.1, 0.15) is 5.82 Å². The lowest BCUT2D eigenvalue weighted by molar-refractivity contribution is -0.113. The number of rotatable bonds is 1. The summed E-state index contributed by atoms with van der Waals surface area (Å²) >= 11 is 5.07. The Labute approximate surface area is 123 Å². The number of amides is 1. The van der Waals surface area contributed by atoms with E-state index in [0.717, 1.165) is 15.9 Å². The summed E-state index contributed by atoms with van der Waals surface area (Å²) in [5.41, 5.74) is 2.24. The number of benzene rings is 1. The molecule has 0 spiro atoms. The fraction of sp³-hybridized carbons (Fsp3) is 0.231. The molecule has 1 amide bonds. The van der Waals surface area contributed by atoms with Crippen LogP contribution in [0.1, 0.15) is 16.4 Å². The first kappa shape index (κ1) is 12.7. The Bertz CT molecular complexity index is 623. The summed E-state index contributed by atoms with van der Waals surface area (Å²) < 4.78 is 2.76. The maximum Gasteiger partial charge on any atom is 0.235 e. The van der Waals surface area contributed by atoms with Crippen LogP contribution in [-0.4, -0.2) is 21.4 Å². The van der Waals surface area contributed by atoms with Gasteiger partial charge in [0, 0.05) is 17.1 Å². The van der Waals surface area contributed by atoms with Crippen LogP contribution in [0.2, 0.25) is 0 Å². The molecule has 98 valence electrons. The Morgan fingerprint density at radius 3 is 2.89 bits per heavy atom. The molecule has 0 aliphatic carbocycles.